The summed E-state index contributed by atoms with van der Waals surface area (Å²) >= 11 is -8.59. The zero-order valence-electron chi connectivity index (χ0n) is 3.95. The molecule has 9 heteroatoms. The Labute approximate surface area is 81.8 Å². The van der Waals surface area contributed by atoms with Gasteiger partial charge >= 0.3 is 82.8 Å². The van der Waals surface area contributed by atoms with Crippen LogP contribution in [-0.2, 0) is 27.9 Å². The molecule has 0 atom stereocenters. The molecular formula is O6Sn2Ti. The summed E-state index contributed by atoms with van der Waals surface area (Å²) in [6, 6.07) is 0. The van der Waals surface area contributed by atoms with Crippen molar-refractivity contribution >= 4 is 41.1 Å². The van der Waals surface area contributed by atoms with Crippen molar-refractivity contribution in [3.63, 3.8) is 0 Å². The van der Waals surface area contributed by atoms with Crippen molar-refractivity contribution in [1.82, 2.24) is 0 Å². The molecule has 0 rings (SSSR count). The van der Waals surface area contributed by atoms with Crippen molar-refractivity contribution < 1.29 is 41.6 Å². The van der Waals surface area contributed by atoms with Gasteiger partial charge in [-0.25, -0.2) is 0 Å². The van der Waals surface area contributed by atoms with Gasteiger partial charge in [0.1, 0.15) is 0 Å². The molecule has 0 aliphatic rings. The van der Waals surface area contributed by atoms with Crippen LogP contribution >= 0.6 is 0 Å². The molecule has 0 saturated heterocycles. The van der Waals surface area contributed by atoms with Gasteiger partial charge in [-0.1, -0.05) is 0 Å². The van der Waals surface area contributed by atoms with Crippen molar-refractivity contribution in [3.8, 4) is 0 Å². The van der Waals surface area contributed by atoms with E-state index < -0.39 is 41.1 Å². The molecule has 0 saturated carbocycles. The van der Waals surface area contributed by atoms with E-state index in [1.165, 1.54) is 0 Å². The van der Waals surface area contributed by atoms with Gasteiger partial charge in [-0.05, 0) is 0 Å². The quantitative estimate of drug-likeness (QED) is 0.385. The molecule has 0 N–H and O–H groups in total. The van der Waals surface area contributed by atoms with Crippen LogP contribution in [-0.4, -0.2) is 41.1 Å². The maximum atomic E-state index is 8.61. The Balaban J connectivity index is -0.0000000720. The Hall–Kier alpha value is 1.75. The molecule has 0 aliphatic carbocycles. The van der Waals surface area contributed by atoms with Gasteiger partial charge in [0.15, 0.2) is 0 Å². The van der Waals surface area contributed by atoms with Crippen molar-refractivity contribution in [2.75, 3.05) is 0 Å². The first-order valence-electron chi connectivity index (χ1n) is 1.22. The predicted octanol–water partition coefficient (Wildman–Crippen LogP) is -5.76. The van der Waals surface area contributed by atoms with Crippen LogP contribution in [0.4, 0.5) is 0 Å². The molecule has 0 aromatic heterocycles. The smallest absolute Gasteiger partial charge is 4.00 e. The molecular weight excluding hydrogens is 381 g/mol. The van der Waals surface area contributed by atoms with E-state index in [-0.39, 0.29) is 21.7 Å². The van der Waals surface area contributed by atoms with Crippen LogP contribution in [0.15, 0.2) is 0 Å². The summed E-state index contributed by atoms with van der Waals surface area (Å²) < 4.78 is 51.7. The molecule has 48 valence electrons. The predicted molar refractivity (Wildman–Crippen MR) is 12.9 cm³/mol. The summed E-state index contributed by atoms with van der Waals surface area (Å²) in [5.41, 5.74) is 0. The summed E-state index contributed by atoms with van der Waals surface area (Å²) in [6.45, 7) is 0. The number of hydrogen-bond acceptors (Lipinski definition) is 6. The monoisotopic (exact) mass is 384 g/mol. The molecule has 9 heavy (non-hydrogen) atoms. The fraction of sp³-hybridized carbons (Fsp3) is 0. The van der Waals surface area contributed by atoms with Gasteiger partial charge in [-0.2, -0.15) is 0 Å². The topological polar surface area (TPSA) is 126 Å². The molecule has 6 nitrogen and oxygen atoms in total. The molecule has 0 spiro atoms. The molecule has 0 unspecified atom stereocenters. The normalized spacial score (nSPS) is 5.78. The minimum atomic E-state index is -4.29. The summed E-state index contributed by atoms with van der Waals surface area (Å²) in [5.74, 6) is 0. The summed E-state index contributed by atoms with van der Waals surface area (Å²) in [7, 11) is 0. The van der Waals surface area contributed by atoms with Crippen LogP contribution in [0.25, 0.3) is 0 Å². The molecule has 0 aliphatic heterocycles. The third-order valence-electron chi connectivity index (χ3n) is 0. The Bertz CT molecular complexity index is 69.1. The first kappa shape index (κ1) is 17.0. The second kappa shape index (κ2) is 12.4. The molecule has 0 fully saturated rings. The maximum Gasteiger partial charge on any atom is 4.00 e. The minimum Gasteiger partial charge on any atom is 4.00 e. The van der Waals surface area contributed by atoms with E-state index in [0.29, 0.717) is 0 Å². The van der Waals surface area contributed by atoms with Crippen molar-refractivity contribution in [2.45, 2.75) is 0 Å². The maximum absolute atomic E-state index is 8.61. The van der Waals surface area contributed by atoms with Gasteiger partial charge in [0, 0.05) is 0 Å². The minimum absolute atomic E-state index is 0. The summed E-state index contributed by atoms with van der Waals surface area (Å²) in [4.78, 5) is 0. The van der Waals surface area contributed by atoms with Gasteiger partial charge in [-0.3, -0.25) is 0 Å². The van der Waals surface area contributed by atoms with Crippen LogP contribution in [0.1, 0.15) is 0 Å². The van der Waals surface area contributed by atoms with E-state index in [2.05, 4.69) is 0 Å². The second-order valence-corrected chi connectivity index (χ2v) is 3.35. The molecule has 0 radical (unpaired) electrons. The van der Waals surface area contributed by atoms with Crippen LogP contribution in [0.5, 0.6) is 0 Å². The van der Waals surface area contributed by atoms with E-state index >= 15 is 0 Å². The van der Waals surface area contributed by atoms with Crippen molar-refractivity contribution in [1.29, 1.82) is 0 Å². The first-order chi connectivity index (χ1) is 3.46. The van der Waals surface area contributed by atoms with E-state index in [0.717, 1.165) is 0 Å². The van der Waals surface area contributed by atoms with Gasteiger partial charge in [0.05, 0.1) is 0 Å². The van der Waals surface area contributed by atoms with Crippen LogP contribution < -0.4 is 13.8 Å². The van der Waals surface area contributed by atoms with Crippen LogP contribution in [0.2, 0.25) is 0 Å². The summed E-state index contributed by atoms with van der Waals surface area (Å²) in [6.07, 6.45) is 0. The summed E-state index contributed by atoms with van der Waals surface area (Å²) in [5, 5.41) is 0. The molecule has 0 aromatic rings. The Morgan fingerprint density at radius 2 is 0.778 bits per heavy atom. The third-order valence-corrected chi connectivity index (χ3v) is 0. The van der Waals surface area contributed by atoms with Gasteiger partial charge in [0.2, 0.25) is 0 Å². The van der Waals surface area contributed by atoms with E-state index in [1.54, 1.807) is 0 Å². The van der Waals surface area contributed by atoms with E-state index in [9.17, 15) is 0 Å². The molecule has 0 heterocycles. The van der Waals surface area contributed by atoms with Gasteiger partial charge < -0.3 is 0 Å². The fourth-order valence-electron chi connectivity index (χ4n) is 0. The van der Waals surface area contributed by atoms with Crippen LogP contribution in [0.3, 0.4) is 0 Å². The van der Waals surface area contributed by atoms with Crippen molar-refractivity contribution in [2.24, 2.45) is 0 Å². The van der Waals surface area contributed by atoms with Crippen LogP contribution in [0, 0.1) is 0 Å². The number of rotatable bonds is 0. The Morgan fingerprint density at radius 1 is 0.778 bits per heavy atom. The standard InChI is InChI=1S/6O.2Sn.Ti/q;;4*-1;;;+4. The fourth-order valence-corrected chi connectivity index (χ4v) is 0. The largest absolute Gasteiger partial charge is 4.00 e. The molecule has 0 aromatic carbocycles. The number of hydrogen-bond donors (Lipinski definition) is 0. The van der Waals surface area contributed by atoms with Gasteiger partial charge in [0.25, 0.3) is 0 Å². The van der Waals surface area contributed by atoms with E-state index in [4.69, 9.17) is 19.9 Å². The Morgan fingerprint density at radius 3 is 0.778 bits per heavy atom. The molecule has 0 bridgehead atoms. The second-order valence-electron chi connectivity index (χ2n) is 0.500. The van der Waals surface area contributed by atoms with E-state index in [1.807, 2.05) is 0 Å². The SMILES string of the molecule is [O]=[Sn]([O-])[O-].[O]=[Sn]([O-])[O-].[Ti+4]. The first-order valence-corrected chi connectivity index (χ1v) is 8.22. The Kier molecular flexibility index (Phi) is 23.5. The third kappa shape index (κ3) is 191. The zero-order chi connectivity index (χ0) is 7.15. The average Bonchev–Trinajstić information content (AvgIpc) is 1.25. The molecule has 0 amide bonds. The average molecular weight is 381 g/mol. The van der Waals surface area contributed by atoms with Gasteiger partial charge in [-0.15, -0.1) is 0 Å². The zero-order valence-corrected chi connectivity index (χ0v) is 11.2. The van der Waals surface area contributed by atoms with Crippen molar-refractivity contribution in [3.05, 3.63) is 0 Å².